The van der Waals surface area contributed by atoms with Crippen LogP contribution in [0, 0.1) is 0 Å². The van der Waals surface area contributed by atoms with Gasteiger partial charge in [-0.15, -0.1) is 22.7 Å². The number of hydrogen-bond donors (Lipinski definition) is 1. The molecule has 1 unspecified atom stereocenters. The van der Waals surface area contributed by atoms with Gasteiger partial charge in [0.15, 0.2) is 0 Å². The largest absolute Gasteiger partial charge is 0.351 e. The second-order valence-corrected chi connectivity index (χ2v) is 7.94. The molecule has 1 N–H and O–H groups in total. The molecule has 1 fully saturated rings. The minimum atomic E-state index is -0.0486. The second kappa shape index (κ2) is 7.90. The van der Waals surface area contributed by atoms with Crippen LogP contribution in [0.4, 0.5) is 0 Å². The first-order valence-electron chi connectivity index (χ1n) is 8.10. The van der Waals surface area contributed by atoms with Crippen molar-refractivity contribution in [2.24, 2.45) is 0 Å². The van der Waals surface area contributed by atoms with Crippen LogP contribution in [0.25, 0.3) is 0 Å². The van der Waals surface area contributed by atoms with Gasteiger partial charge < -0.3 is 10.2 Å². The number of carbonyl (C=O) groups is 2. The Morgan fingerprint density at radius 1 is 1.42 bits per heavy atom. The highest BCUT2D eigenvalue weighted by molar-refractivity contribution is 7.10. The van der Waals surface area contributed by atoms with Gasteiger partial charge in [-0.3, -0.25) is 9.59 Å². The molecule has 3 heterocycles. The zero-order valence-corrected chi connectivity index (χ0v) is 15.3. The molecule has 0 spiro atoms. The molecule has 0 radical (unpaired) electrons. The van der Waals surface area contributed by atoms with Crippen LogP contribution in [-0.2, 0) is 22.6 Å². The standard InChI is InChI=1S/C17H21N3O2S2/c1-12(21)18-9-14-11-24-17(19-14)13-4-2-6-20(10-13)16(22)8-15-5-3-7-23-15/h3,5,7,11,13H,2,4,6,8-10H2,1H3,(H,18,21). The van der Waals surface area contributed by atoms with Gasteiger partial charge in [-0.1, -0.05) is 6.07 Å². The fourth-order valence-corrected chi connectivity index (χ4v) is 4.53. The summed E-state index contributed by atoms with van der Waals surface area (Å²) in [7, 11) is 0. The summed E-state index contributed by atoms with van der Waals surface area (Å²) in [4.78, 5) is 31.2. The van der Waals surface area contributed by atoms with Crippen molar-refractivity contribution in [3.05, 3.63) is 38.5 Å². The van der Waals surface area contributed by atoms with E-state index >= 15 is 0 Å². The van der Waals surface area contributed by atoms with E-state index in [1.165, 1.54) is 6.92 Å². The highest BCUT2D eigenvalue weighted by Crippen LogP contribution is 2.29. The predicted molar refractivity (Wildman–Crippen MR) is 96.2 cm³/mol. The molecular formula is C17H21N3O2S2. The van der Waals surface area contributed by atoms with Crippen molar-refractivity contribution >= 4 is 34.5 Å². The summed E-state index contributed by atoms with van der Waals surface area (Å²) in [6.45, 7) is 3.56. The fourth-order valence-electron chi connectivity index (χ4n) is 2.89. The SMILES string of the molecule is CC(=O)NCc1csc(C2CCCN(C(=O)Cc3cccs3)C2)n1. The van der Waals surface area contributed by atoms with Gasteiger partial charge in [0.2, 0.25) is 11.8 Å². The Morgan fingerprint density at radius 3 is 3.04 bits per heavy atom. The molecule has 2 amide bonds. The average molecular weight is 364 g/mol. The molecule has 1 saturated heterocycles. The second-order valence-electron chi connectivity index (χ2n) is 6.02. The molecule has 1 atom stereocenters. The van der Waals surface area contributed by atoms with Crippen LogP contribution in [0.5, 0.6) is 0 Å². The lowest BCUT2D eigenvalue weighted by atomic mass is 9.98. The van der Waals surface area contributed by atoms with Crippen LogP contribution in [0.3, 0.4) is 0 Å². The minimum absolute atomic E-state index is 0.0486. The number of hydrogen-bond acceptors (Lipinski definition) is 5. The van der Waals surface area contributed by atoms with Crippen molar-refractivity contribution in [2.75, 3.05) is 13.1 Å². The minimum Gasteiger partial charge on any atom is -0.351 e. The molecule has 2 aromatic rings. The van der Waals surface area contributed by atoms with E-state index in [1.54, 1.807) is 22.7 Å². The molecule has 2 aromatic heterocycles. The van der Waals surface area contributed by atoms with E-state index in [9.17, 15) is 9.59 Å². The summed E-state index contributed by atoms with van der Waals surface area (Å²) < 4.78 is 0. The number of thiophene rings is 1. The van der Waals surface area contributed by atoms with E-state index in [0.717, 1.165) is 41.5 Å². The lowest BCUT2D eigenvalue weighted by Gasteiger charge is -2.31. The van der Waals surface area contributed by atoms with Crippen LogP contribution in [0.2, 0.25) is 0 Å². The molecule has 3 rings (SSSR count). The topological polar surface area (TPSA) is 62.3 Å². The number of nitrogens with one attached hydrogen (secondary N) is 1. The van der Waals surface area contributed by atoms with Gasteiger partial charge in [0.25, 0.3) is 0 Å². The highest BCUT2D eigenvalue weighted by atomic mass is 32.1. The predicted octanol–water partition coefficient (Wildman–Crippen LogP) is 2.79. The van der Waals surface area contributed by atoms with Gasteiger partial charge in [0.1, 0.15) is 0 Å². The van der Waals surface area contributed by atoms with Crippen LogP contribution >= 0.6 is 22.7 Å². The van der Waals surface area contributed by atoms with Gasteiger partial charge in [-0.2, -0.15) is 0 Å². The first-order valence-corrected chi connectivity index (χ1v) is 9.86. The van der Waals surface area contributed by atoms with E-state index in [2.05, 4.69) is 10.3 Å². The van der Waals surface area contributed by atoms with Crippen molar-refractivity contribution in [3.63, 3.8) is 0 Å². The number of carbonyl (C=O) groups excluding carboxylic acids is 2. The molecule has 0 aromatic carbocycles. The van der Waals surface area contributed by atoms with Crippen LogP contribution in [-0.4, -0.2) is 34.8 Å². The van der Waals surface area contributed by atoms with E-state index < -0.39 is 0 Å². The van der Waals surface area contributed by atoms with Crippen LogP contribution in [0.1, 0.15) is 41.3 Å². The molecule has 0 aliphatic carbocycles. The zero-order valence-electron chi connectivity index (χ0n) is 13.7. The van der Waals surface area contributed by atoms with Crippen molar-refractivity contribution in [1.82, 2.24) is 15.2 Å². The lowest BCUT2D eigenvalue weighted by molar-refractivity contribution is -0.131. The smallest absolute Gasteiger partial charge is 0.227 e. The summed E-state index contributed by atoms with van der Waals surface area (Å²) in [5.41, 5.74) is 0.896. The van der Waals surface area contributed by atoms with Gasteiger partial charge in [0, 0.05) is 36.2 Å². The van der Waals surface area contributed by atoms with Crippen molar-refractivity contribution in [3.8, 4) is 0 Å². The maximum absolute atomic E-state index is 12.5. The molecule has 1 aliphatic heterocycles. The average Bonchev–Trinajstić information content (AvgIpc) is 3.24. The Kier molecular flexibility index (Phi) is 5.63. The van der Waals surface area contributed by atoms with Crippen molar-refractivity contribution in [2.45, 2.75) is 38.6 Å². The Bertz CT molecular complexity index is 697. The number of rotatable bonds is 5. The van der Waals surface area contributed by atoms with Gasteiger partial charge in [-0.05, 0) is 24.3 Å². The number of likely N-dealkylation sites (tertiary alicyclic amines) is 1. The Hall–Kier alpha value is -1.73. The third-order valence-corrected chi connectivity index (χ3v) is 6.05. The quantitative estimate of drug-likeness (QED) is 0.888. The number of piperidine rings is 1. The monoisotopic (exact) mass is 363 g/mol. The van der Waals surface area contributed by atoms with Gasteiger partial charge >= 0.3 is 0 Å². The highest BCUT2D eigenvalue weighted by Gasteiger charge is 2.26. The van der Waals surface area contributed by atoms with Gasteiger partial charge in [-0.25, -0.2) is 4.98 Å². The summed E-state index contributed by atoms with van der Waals surface area (Å²) in [5.74, 6) is 0.465. The summed E-state index contributed by atoms with van der Waals surface area (Å²) in [6, 6.07) is 4.00. The van der Waals surface area contributed by atoms with Crippen LogP contribution in [0.15, 0.2) is 22.9 Å². The Labute approximate surface area is 149 Å². The van der Waals surface area contributed by atoms with Crippen molar-refractivity contribution < 1.29 is 9.59 Å². The molecule has 0 saturated carbocycles. The first-order chi connectivity index (χ1) is 11.6. The fraction of sp³-hybridized carbons (Fsp3) is 0.471. The van der Waals surface area contributed by atoms with E-state index in [4.69, 9.17) is 0 Å². The number of amides is 2. The molecule has 1 aliphatic rings. The maximum atomic E-state index is 12.5. The van der Waals surface area contributed by atoms with Gasteiger partial charge in [0.05, 0.1) is 23.7 Å². The summed E-state index contributed by atoms with van der Waals surface area (Å²) >= 11 is 3.26. The summed E-state index contributed by atoms with van der Waals surface area (Å²) in [5, 5.41) is 7.85. The normalized spacial score (nSPS) is 17.7. The molecule has 24 heavy (non-hydrogen) atoms. The third kappa shape index (κ3) is 4.42. The third-order valence-electron chi connectivity index (χ3n) is 4.12. The molecule has 0 bridgehead atoms. The van der Waals surface area contributed by atoms with E-state index in [1.807, 2.05) is 27.8 Å². The Morgan fingerprint density at radius 2 is 2.29 bits per heavy atom. The van der Waals surface area contributed by atoms with Crippen molar-refractivity contribution in [1.29, 1.82) is 0 Å². The van der Waals surface area contributed by atoms with Crippen LogP contribution < -0.4 is 5.32 Å². The van der Waals surface area contributed by atoms with E-state index in [0.29, 0.717) is 18.9 Å². The summed E-state index contributed by atoms with van der Waals surface area (Å²) in [6.07, 6.45) is 2.58. The molecule has 7 heteroatoms. The molecule has 128 valence electrons. The zero-order chi connectivity index (χ0) is 16.9. The Balaban J connectivity index is 1.58. The van der Waals surface area contributed by atoms with E-state index in [-0.39, 0.29) is 11.8 Å². The maximum Gasteiger partial charge on any atom is 0.227 e. The number of thiazole rings is 1. The first kappa shape index (κ1) is 17.1. The number of nitrogens with zero attached hydrogens (tertiary/aromatic N) is 2. The molecule has 5 nitrogen and oxygen atoms in total. The lowest BCUT2D eigenvalue weighted by Crippen LogP contribution is -2.39. The molecular weight excluding hydrogens is 342 g/mol. The number of aromatic nitrogens is 1.